The first-order valence-electron chi connectivity index (χ1n) is 5.73. The monoisotopic (exact) mass is 214 g/mol. The minimum Gasteiger partial charge on any atom is -0.396 e. The molecule has 4 nitrogen and oxygen atoms in total. The SMILES string of the molecule is CC(=O)N1CC(C)CC(NCCCO)C1. The van der Waals surface area contributed by atoms with Crippen LogP contribution in [-0.4, -0.2) is 48.2 Å². The summed E-state index contributed by atoms with van der Waals surface area (Å²) in [7, 11) is 0. The highest BCUT2D eigenvalue weighted by atomic mass is 16.3. The highest BCUT2D eigenvalue weighted by Gasteiger charge is 2.25. The molecule has 0 aliphatic carbocycles. The molecule has 0 aromatic carbocycles. The number of aliphatic hydroxyl groups excluding tert-OH is 1. The zero-order valence-electron chi connectivity index (χ0n) is 9.70. The molecular weight excluding hydrogens is 192 g/mol. The Morgan fingerprint density at radius 2 is 2.27 bits per heavy atom. The highest BCUT2D eigenvalue weighted by Crippen LogP contribution is 2.16. The van der Waals surface area contributed by atoms with Crippen LogP contribution in [0.1, 0.15) is 26.7 Å². The van der Waals surface area contributed by atoms with Crippen molar-refractivity contribution in [3.63, 3.8) is 0 Å². The van der Waals surface area contributed by atoms with Crippen LogP contribution >= 0.6 is 0 Å². The number of likely N-dealkylation sites (tertiary alicyclic amines) is 1. The molecule has 1 aliphatic heterocycles. The third-order valence-corrected chi connectivity index (χ3v) is 2.87. The lowest BCUT2D eigenvalue weighted by Gasteiger charge is -2.36. The Morgan fingerprint density at radius 1 is 1.53 bits per heavy atom. The van der Waals surface area contributed by atoms with Gasteiger partial charge >= 0.3 is 0 Å². The molecule has 0 saturated carbocycles. The van der Waals surface area contributed by atoms with Crippen LogP contribution in [0.2, 0.25) is 0 Å². The Bertz CT molecular complexity index is 209. The van der Waals surface area contributed by atoms with E-state index in [1.54, 1.807) is 6.92 Å². The van der Waals surface area contributed by atoms with E-state index < -0.39 is 0 Å². The van der Waals surface area contributed by atoms with Gasteiger partial charge < -0.3 is 15.3 Å². The van der Waals surface area contributed by atoms with Crippen LogP contribution in [0, 0.1) is 5.92 Å². The van der Waals surface area contributed by atoms with Crippen LogP contribution in [0.3, 0.4) is 0 Å². The normalized spacial score (nSPS) is 26.7. The molecule has 1 heterocycles. The van der Waals surface area contributed by atoms with E-state index in [1.807, 2.05) is 4.90 Å². The first kappa shape index (κ1) is 12.5. The summed E-state index contributed by atoms with van der Waals surface area (Å²) in [5.74, 6) is 0.727. The van der Waals surface area contributed by atoms with E-state index in [0.717, 1.165) is 32.5 Å². The molecule has 1 fully saturated rings. The summed E-state index contributed by atoms with van der Waals surface area (Å²) in [6.07, 6.45) is 1.90. The van der Waals surface area contributed by atoms with Crippen LogP contribution in [0.4, 0.5) is 0 Å². The minimum absolute atomic E-state index is 0.163. The number of amides is 1. The Balaban J connectivity index is 2.34. The minimum atomic E-state index is 0.163. The largest absolute Gasteiger partial charge is 0.396 e. The first-order chi connectivity index (χ1) is 7.13. The average molecular weight is 214 g/mol. The fraction of sp³-hybridized carbons (Fsp3) is 0.909. The number of nitrogens with zero attached hydrogens (tertiary/aromatic N) is 1. The fourth-order valence-corrected chi connectivity index (χ4v) is 2.14. The summed E-state index contributed by atoms with van der Waals surface area (Å²) < 4.78 is 0. The van der Waals surface area contributed by atoms with Gasteiger partial charge in [0.25, 0.3) is 0 Å². The molecule has 4 heteroatoms. The van der Waals surface area contributed by atoms with Crippen molar-refractivity contribution in [1.82, 2.24) is 10.2 Å². The first-order valence-corrected chi connectivity index (χ1v) is 5.73. The summed E-state index contributed by atoms with van der Waals surface area (Å²) in [5, 5.41) is 12.1. The van der Waals surface area contributed by atoms with Gasteiger partial charge in [0.1, 0.15) is 0 Å². The molecule has 0 bridgehead atoms. The molecule has 2 unspecified atom stereocenters. The van der Waals surface area contributed by atoms with Crippen molar-refractivity contribution < 1.29 is 9.90 Å². The van der Waals surface area contributed by atoms with Gasteiger partial charge in [-0.05, 0) is 25.3 Å². The van der Waals surface area contributed by atoms with Gasteiger partial charge in [-0.15, -0.1) is 0 Å². The van der Waals surface area contributed by atoms with Gasteiger partial charge in [-0.3, -0.25) is 4.79 Å². The lowest BCUT2D eigenvalue weighted by Crippen LogP contribution is -2.50. The number of piperidine rings is 1. The maximum Gasteiger partial charge on any atom is 0.219 e. The molecular formula is C11H22N2O2. The van der Waals surface area contributed by atoms with Crippen molar-refractivity contribution in [3.05, 3.63) is 0 Å². The van der Waals surface area contributed by atoms with Crippen LogP contribution in [-0.2, 0) is 4.79 Å². The molecule has 1 rings (SSSR count). The van der Waals surface area contributed by atoms with E-state index in [0.29, 0.717) is 12.0 Å². The number of aliphatic hydroxyl groups is 1. The van der Waals surface area contributed by atoms with E-state index in [1.165, 1.54) is 0 Å². The van der Waals surface area contributed by atoms with Crippen molar-refractivity contribution >= 4 is 5.91 Å². The number of nitrogens with one attached hydrogen (secondary N) is 1. The van der Waals surface area contributed by atoms with Gasteiger partial charge in [0.05, 0.1) is 0 Å². The molecule has 1 aliphatic rings. The zero-order chi connectivity index (χ0) is 11.3. The van der Waals surface area contributed by atoms with E-state index in [-0.39, 0.29) is 12.5 Å². The van der Waals surface area contributed by atoms with Crippen molar-refractivity contribution in [2.45, 2.75) is 32.7 Å². The molecule has 2 N–H and O–H groups in total. The van der Waals surface area contributed by atoms with Gasteiger partial charge in [-0.2, -0.15) is 0 Å². The summed E-state index contributed by atoms with van der Waals surface area (Å²) in [6, 6.07) is 0.393. The van der Waals surface area contributed by atoms with Gasteiger partial charge in [0, 0.05) is 32.7 Å². The predicted molar refractivity (Wildman–Crippen MR) is 59.5 cm³/mol. The van der Waals surface area contributed by atoms with E-state index in [2.05, 4.69) is 12.2 Å². The van der Waals surface area contributed by atoms with Crippen molar-refractivity contribution in [3.8, 4) is 0 Å². The van der Waals surface area contributed by atoms with Gasteiger partial charge in [0.15, 0.2) is 0 Å². The summed E-state index contributed by atoms with van der Waals surface area (Å²) >= 11 is 0. The maximum absolute atomic E-state index is 11.3. The van der Waals surface area contributed by atoms with Crippen molar-refractivity contribution in [1.29, 1.82) is 0 Å². The zero-order valence-corrected chi connectivity index (χ0v) is 9.70. The molecule has 0 aromatic heterocycles. The summed E-state index contributed by atoms with van der Waals surface area (Å²) in [6.45, 7) is 6.56. The highest BCUT2D eigenvalue weighted by molar-refractivity contribution is 5.73. The molecule has 88 valence electrons. The molecule has 0 radical (unpaired) electrons. The van der Waals surface area contributed by atoms with Crippen LogP contribution < -0.4 is 5.32 Å². The number of carbonyl (C=O) groups excluding carboxylic acids is 1. The fourth-order valence-electron chi connectivity index (χ4n) is 2.14. The molecule has 1 amide bonds. The number of hydrogen-bond acceptors (Lipinski definition) is 3. The Labute approximate surface area is 91.6 Å². The van der Waals surface area contributed by atoms with E-state index in [9.17, 15) is 4.79 Å². The molecule has 15 heavy (non-hydrogen) atoms. The summed E-state index contributed by atoms with van der Waals surface area (Å²) in [4.78, 5) is 13.2. The number of rotatable bonds is 4. The second-order valence-corrected chi connectivity index (χ2v) is 4.49. The molecule has 2 atom stereocenters. The topological polar surface area (TPSA) is 52.6 Å². The Morgan fingerprint density at radius 3 is 2.87 bits per heavy atom. The van der Waals surface area contributed by atoms with Crippen molar-refractivity contribution in [2.75, 3.05) is 26.2 Å². The second kappa shape index (κ2) is 6.08. The van der Waals surface area contributed by atoms with E-state index in [4.69, 9.17) is 5.11 Å². The van der Waals surface area contributed by atoms with Crippen molar-refractivity contribution in [2.24, 2.45) is 5.92 Å². The molecule has 1 saturated heterocycles. The number of hydrogen-bond donors (Lipinski definition) is 2. The standard InChI is InChI=1S/C11H22N2O2/c1-9-6-11(12-4-3-5-14)8-13(7-9)10(2)15/h9,11-12,14H,3-8H2,1-2H3. The lowest BCUT2D eigenvalue weighted by molar-refractivity contribution is -0.131. The van der Waals surface area contributed by atoms with Gasteiger partial charge in [-0.25, -0.2) is 0 Å². The third kappa shape index (κ3) is 4.18. The Kier molecular flexibility index (Phi) is 5.05. The van der Waals surface area contributed by atoms with Gasteiger partial charge in [-0.1, -0.05) is 6.92 Å². The third-order valence-electron chi connectivity index (χ3n) is 2.87. The second-order valence-electron chi connectivity index (χ2n) is 4.49. The van der Waals surface area contributed by atoms with Crippen LogP contribution in [0.25, 0.3) is 0 Å². The van der Waals surface area contributed by atoms with Gasteiger partial charge in [0.2, 0.25) is 5.91 Å². The lowest BCUT2D eigenvalue weighted by atomic mass is 9.96. The van der Waals surface area contributed by atoms with Crippen LogP contribution in [0.5, 0.6) is 0 Å². The predicted octanol–water partition coefficient (Wildman–Crippen LogP) is 0.215. The molecule has 0 aromatic rings. The quantitative estimate of drug-likeness (QED) is 0.658. The average Bonchev–Trinajstić information content (AvgIpc) is 2.17. The van der Waals surface area contributed by atoms with E-state index >= 15 is 0 Å². The Hall–Kier alpha value is -0.610. The summed E-state index contributed by atoms with van der Waals surface area (Å²) in [5.41, 5.74) is 0. The number of carbonyl (C=O) groups is 1. The smallest absolute Gasteiger partial charge is 0.219 e. The maximum atomic E-state index is 11.3. The van der Waals surface area contributed by atoms with Crippen LogP contribution in [0.15, 0.2) is 0 Å². The molecule has 0 spiro atoms.